The van der Waals surface area contributed by atoms with E-state index in [1.807, 2.05) is 26.8 Å². The predicted octanol–water partition coefficient (Wildman–Crippen LogP) is 2.50. The lowest BCUT2D eigenvalue weighted by Crippen LogP contribution is -2.34. The lowest BCUT2D eigenvalue weighted by atomic mass is 9.99. The second-order valence-electron chi connectivity index (χ2n) is 8.80. The molecule has 0 atom stereocenters. The van der Waals surface area contributed by atoms with Crippen LogP contribution in [0.4, 0.5) is 0 Å². The van der Waals surface area contributed by atoms with Gasteiger partial charge in [0.2, 0.25) is 5.88 Å². The number of hydrogen-bond acceptors (Lipinski definition) is 5. The average Bonchev–Trinajstić information content (AvgIpc) is 3.45. The topological polar surface area (TPSA) is 97.9 Å². The molecule has 1 aliphatic heterocycles. The third kappa shape index (κ3) is 4.01. The first kappa shape index (κ1) is 20.7. The highest BCUT2D eigenvalue weighted by Gasteiger charge is 2.30. The van der Waals surface area contributed by atoms with Crippen LogP contribution >= 0.6 is 0 Å². The van der Waals surface area contributed by atoms with Gasteiger partial charge in [0.15, 0.2) is 5.56 Å². The van der Waals surface area contributed by atoms with Crippen molar-refractivity contribution >= 4 is 17.6 Å². The first-order valence-corrected chi connectivity index (χ1v) is 10.8. The molecule has 0 bridgehead atoms. The van der Waals surface area contributed by atoms with Crippen molar-refractivity contribution in [1.29, 1.82) is 0 Å². The van der Waals surface area contributed by atoms with Gasteiger partial charge in [-0.1, -0.05) is 26.0 Å². The summed E-state index contributed by atoms with van der Waals surface area (Å²) < 4.78 is 8.34. The summed E-state index contributed by atoms with van der Waals surface area (Å²) in [6, 6.07) is 0.0860. The number of amides is 1. The maximum Gasteiger partial charge on any atom is 0.291 e. The van der Waals surface area contributed by atoms with Crippen molar-refractivity contribution in [2.75, 3.05) is 13.2 Å². The molecule has 3 heterocycles. The van der Waals surface area contributed by atoms with E-state index in [1.165, 1.54) is 4.52 Å². The molecule has 4 rings (SSSR count). The molecule has 8 heteroatoms. The Balaban J connectivity index is 1.85. The van der Waals surface area contributed by atoms with E-state index in [2.05, 4.69) is 16.5 Å². The molecule has 2 aliphatic rings. The summed E-state index contributed by atoms with van der Waals surface area (Å²) in [5, 5.41) is 18.2. The van der Waals surface area contributed by atoms with Crippen molar-refractivity contribution in [3.8, 4) is 5.88 Å². The Morgan fingerprint density at radius 1 is 1.30 bits per heavy atom. The minimum absolute atomic E-state index is 0.0860. The van der Waals surface area contributed by atoms with Gasteiger partial charge in [-0.15, -0.1) is 0 Å². The van der Waals surface area contributed by atoms with Gasteiger partial charge in [-0.05, 0) is 44.4 Å². The fraction of sp³-hybridized carbons (Fsp3) is 0.591. The molecular formula is C22H30N4O4. The van der Waals surface area contributed by atoms with Crippen molar-refractivity contribution in [3.05, 3.63) is 33.3 Å². The second kappa shape index (κ2) is 8.26. The number of ether oxygens (including phenoxy) is 1. The summed E-state index contributed by atoms with van der Waals surface area (Å²) in [5.41, 5.74) is 1.18. The van der Waals surface area contributed by atoms with E-state index in [0.717, 1.165) is 44.5 Å². The van der Waals surface area contributed by atoms with Gasteiger partial charge in [-0.2, -0.15) is 9.61 Å². The molecule has 2 aromatic rings. The second-order valence-corrected chi connectivity index (χ2v) is 8.80. The van der Waals surface area contributed by atoms with Crippen molar-refractivity contribution < 1.29 is 14.6 Å². The van der Waals surface area contributed by atoms with Gasteiger partial charge in [0, 0.05) is 31.4 Å². The van der Waals surface area contributed by atoms with Crippen LogP contribution in [0.1, 0.15) is 61.1 Å². The van der Waals surface area contributed by atoms with Crippen LogP contribution in [0.5, 0.6) is 5.88 Å². The number of hydrogen-bond donors (Lipinski definition) is 2. The third-order valence-corrected chi connectivity index (χ3v) is 5.71. The zero-order valence-corrected chi connectivity index (χ0v) is 17.9. The molecule has 2 fully saturated rings. The van der Waals surface area contributed by atoms with Crippen LogP contribution in [0.2, 0.25) is 0 Å². The zero-order valence-electron chi connectivity index (χ0n) is 17.9. The molecule has 30 heavy (non-hydrogen) atoms. The maximum atomic E-state index is 13.1. The van der Waals surface area contributed by atoms with E-state index in [4.69, 9.17) is 4.74 Å². The minimum Gasteiger partial charge on any atom is -0.494 e. The Kier molecular flexibility index (Phi) is 5.69. The standard InChI is InChI=1S/C22H30N4O4/c1-13(2)12-25-20-17(7-4-15-8-10-30-11-9-15)14(3)24-26(20)22(29)18(21(25)28)19(27)23-16-5-6-16/h4,7,13,15-16,28H,5-6,8-12H2,1-3H3,(H,23,27)/b7-4+. The van der Waals surface area contributed by atoms with Crippen LogP contribution in [0.25, 0.3) is 11.7 Å². The van der Waals surface area contributed by atoms with E-state index >= 15 is 0 Å². The van der Waals surface area contributed by atoms with Gasteiger partial charge in [-0.3, -0.25) is 14.2 Å². The van der Waals surface area contributed by atoms with Crippen molar-refractivity contribution in [2.45, 2.75) is 59.0 Å². The van der Waals surface area contributed by atoms with Gasteiger partial charge in [-0.25, -0.2) is 0 Å². The molecule has 1 aliphatic carbocycles. The summed E-state index contributed by atoms with van der Waals surface area (Å²) in [6.07, 6.45) is 7.86. The molecule has 1 saturated carbocycles. The number of aromatic nitrogens is 3. The molecule has 1 amide bonds. The van der Waals surface area contributed by atoms with Crippen LogP contribution in [0.3, 0.4) is 0 Å². The molecule has 8 nitrogen and oxygen atoms in total. The zero-order chi connectivity index (χ0) is 21.4. The number of nitrogens with zero attached hydrogens (tertiary/aromatic N) is 3. The van der Waals surface area contributed by atoms with Crippen LogP contribution in [-0.4, -0.2) is 44.5 Å². The molecule has 0 spiro atoms. The van der Waals surface area contributed by atoms with E-state index in [1.54, 1.807) is 4.57 Å². The van der Waals surface area contributed by atoms with Crippen LogP contribution < -0.4 is 10.9 Å². The first-order chi connectivity index (χ1) is 14.4. The number of carbonyl (C=O) groups is 1. The molecular weight excluding hydrogens is 384 g/mol. The number of aryl methyl sites for hydroxylation is 1. The number of rotatable bonds is 6. The smallest absolute Gasteiger partial charge is 0.291 e. The van der Waals surface area contributed by atoms with Gasteiger partial charge in [0.25, 0.3) is 11.5 Å². The Labute approximate surface area is 175 Å². The molecule has 0 unspecified atom stereocenters. The first-order valence-electron chi connectivity index (χ1n) is 10.8. The number of fused-ring (bicyclic) bond motifs is 1. The highest BCUT2D eigenvalue weighted by atomic mass is 16.5. The Morgan fingerprint density at radius 3 is 2.63 bits per heavy atom. The maximum absolute atomic E-state index is 13.1. The van der Waals surface area contributed by atoms with E-state index < -0.39 is 11.5 Å². The highest BCUT2D eigenvalue weighted by Crippen LogP contribution is 2.27. The van der Waals surface area contributed by atoms with Crippen LogP contribution in [-0.2, 0) is 11.3 Å². The van der Waals surface area contributed by atoms with Crippen molar-refractivity contribution in [1.82, 2.24) is 19.5 Å². The van der Waals surface area contributed by atoms with E-state index in [0.29, 0.717) is 23.8 Å². The summed E-state index contributed by atoms with van der Waals surface area (Å²) in [6.45, 7) is 7.86. The van der Waals surface area contributed by atoms with E-state index in [9.17, 15) is 14.7 Å². The highest BCUT2D eigenvalue weighted by molar-refractivity contribution is 5.96. The quantitative estimate of drug-likeness (QED) is 0.757. The Morgan fingerprint density at radius 2 is 2.00 bits per heavy atom. The average molecular weight is 415 g/mol. The number of aromatic hydroxyl groups is 1. The number of nitrogens with one attached hydrogen (secondary N) is 1. The fourth-order valence-corrected chi connectivity index (χ4v) is 3.92. The molecule has 0 aromatic carbocycles. The van der Waals surface area contributed by atoms with Crippen molar-refractivity contribution in [2.24, 2.45) is 11.8 Å². The van der Waals surface area contributed by atoms with Crippen molar-refractivity contribution in [3.63, 3.8) is 0 Å². The fourth-order valence-electron chi connectivity index (χ4n) is 3.92. The summed E-state index contributed by atoms with van der Waals surface area (Å²) in [5.74, 6) is -0.216. The lowest BCUT2D eigenvalue weighted by molar-refractivity contribution is 0.0787. The third-order valence-electron chi connectivity index (χ3n) is 5.71. The molecule has 162 valence electrons. The summed E-state index contributed by atoms with van der Waals surface area (Å²) in [7, 11) is 0. The molecule has 2 N–H and O–H groups in total. The molecule has 0 radical (unpaired) electrons. The monoisotopic (exact) mass is 414 g/mol. The lowest BCUT2D eigenvalue weighted by Gasteiger charge is -2.19. The molecule has 2 aromatic heterocycles. The largest absolute Gasteiger partial charge is 0.494 e. The Bertz CT molecular complexity index is 1040. The summed E-state index contributed by atoms with van der Waals surface area (Å²) >= 11 is 0. The van der Waals surface area contributed by atoms with E-state index in [-0.39, 0.29) is 23.4 Å². The molecule has 1 saturated heterocycles. The van der Waals surface area contributed by atoms with Gasteiger partial charge in [0.1, 0.15) is 5.65 Å². The predicted molar refractivity (Wildman–Crippen MR) is 114 cm³/mol. The normalized spacial score (nSPS) is 18.0. The number of carbonyl (C=O) groups excluding carboxylic acids is 1. The van der Waals surface area contributed by atoms with Gasteiger partial charge < -0.3 is 15.2 Å². The minimum atomic E-state index is -0.588. The number of allylic oxidation sites excluding steroid dienone is 1. The summed E-state index contributed by atoms with van der Waals surface area (Å²) in [4.78, 5) is 25.8. The Hall–Kier alpha value is -2.61. The van der Waals surface area contributed by atoms with Crippen LogP contribution in [0.15, 0.2) is 10.9 Å². The van der Waals surface area contributed by atoms with Crippen LogP contribution in [0, 0.1) is 18.8 Å². The SMILES string of the molecule is Cc1nn2c(=O)c(C(=O)NC3CC3)c(O)n(CC(C)C)c2c1/C=C/C1CCOCC1. The van der Waals surface area contributed by atoms with Gasteiger partial charge in [0.05, 0.1) is 5.69 Å². The van der Waals surface area contributed by atoms with Gasteiger partial charge >= 0.3 is 0 Å².